The molecule has 1 saturated heterocycles. The molecule has 0 unspecified atom stereocenters. The molecule has 7 nitrogen and oxygen atoms in total. The summed E-state index contributed by atoms with van der Waals surface area (Å²) >= 11 is 1.05. The van der Waals surface area contributed by atoms with E-state index in [1.807, 2.05) is 0 Å². The molecule has 3 aromatic rings. The van der Waals surface area contributed by atoms with Crippen LogP contribution in [0.25, 0.3) is 0 Å². The van der Waals surface area contributed by atoms with Crippen LogP contribution in [0.4, 0.5) is 21.0 Å². The number of nitrogens with two attached hydrogens (primary N) is 1. The van der Waals surface area contributed by atoms with Crippen molar-refractivity contribution in [3.05, 3.63) is 70.4 Å². The van der Waals surface area contributed by atoms with Crippen molar-refractivity contribution in [1.29, 1.82) is 0 Å². The van der Waals surface area contributed by atoms with E-state index in [0.717, 1.165) is 30.7 Å². The Morgan fingerprint density at radius 2 is 1.97 bits per heavy atom. The van der Waals surface area contributed by atoms with E-state index in [4.69, 9.17) is 5.73 Å². The van der Waals surface area contributed by atoms with E-state index < -0.39 is 11.6 Å². The number of amides is 1. The van der Waals surface area contributed by atoms with E-state index in [1.54, 1.807) is 30.3 Å². The zero-order chi connectivity index (χ0) is 22.7. The summed E-state index contributed by atoms with van der Waals surface area (Å²) in [6.07, 6.45) is 2.25. The van der Waals surface area contributed by atoms with Crippen LogP contribution < -0.4 is 16.4 Å². The summed E-state index contributed by atoms with van der Waals surface area (Å²) in [7, 11) is 2.07. The second-order valence-electron chi connectivity index (χ2n) is 7.73. The molecule has 166 valence electrons. The summed E-state index contributed by atoms with van der Waals surface area (Å²) in [6, 6.07) is 13.1. The number of hydrogen-bond acceptors (Lipinski definition) is 7. The lowest BCUT2D eigenvalue weighted by atomic mass is 10.1. The predicted octanol–water partition coefficient (Wildman–Crippen LogP) is 3.66. The van der Waals surface area contributed by atoms with Gasteiger partial charge in [0.1, 0.15) is 16.5 Å². The maximum Gasteiger partial charge on any atom is 0.251 e. The van der Waals surface area contributed by atoms with Crippen LogP contribution in [0.15, 0.2) is 48.5 Å². The minimum Gasteiger partial charge on any atom is -0.382 e. The van der Waals surface area contributed by atoms with Gasteiger partial charge in [0.2, 0.25) is 5.78 Å². The molecule has 1 amide bonds. The lowest BCUT2D eigenvalue weighted by molar-refractivity contribution is 0.0943. The maximum absolute atomic E-state index is 13.9. The number of carbonyl (C=O) groups excluding carboxylic acids is 2. The Morgan fingerprint density at radius 1 is 1.22 bits per heavy atom. The number of hydrogen-bond donors (Lipinski definition) is 3. The first-order valence-electron chi connectivity index (χ1n) is 10.3. The smallest absolute Gasteiger partial charge is 0.251 e. The second-order valence-corrected chi connectivity index (χ2v) is 8.73. The fraction of sp³-hybridized carbons (Fsp3) is 0.261. The molecule has 4 N–H and O–H groups in total. The molecule has 1 fully saturated rings. The molecule has 32 heavy (non-hydrogen) atoms. The molecule has 0 saturated carbocycles. The highest BCUT2D eigenvalue weighted by molar-refractivity contribution is 7.18. The Labute approximate surface area is 189 Å². The molecule has 1 aliphatic rings. The first-order valence-corrected chi connectivity index (χ1v) is 11.1. The van der Waals surface area contributed by atoms with Crippen LogP contribution in [0.1, 0.15) is 38.4 Å². The topological polar surface area (TPSA) is 100 Å². The Kier molecular flexibility index (Phi) is 6.48. The Morgan fingerprint density at radius 3 is 2.66 bits per heavy atom. The van der Waals surface area contributed by atoms with Gasteiger partial charge in [-0.1, -0.05) is 23.5 Å². The van der Waals surface area contributed by atoms with Gasteiger partial charge in [0.05, 0.1) is 5.56 Å². The molecule has 9 heteroatoms. The van der Waals surface area contributed by atoms with E-state index in [0.29, 0.717) is 29.0 Å². The van der Waals surface area contributed by atoms with Gasteiger partial charge in [0.15, 0.2) is 5.13 Å². The largest absolute Gasteiger partial charge is 0.382 e. The van der Waals surface area contributed by atoms with Crippen LogP contribution in [0, 0.1) is 5.82 Å². The number of ketones is 1. The van der Waals surface area contributed by atoms with Crippen molar-refractivity contribution in [3.8, 4) is 0 Å². The number of aromatic nitrogens is 1. The summed E-state index contributed by atoms with van der Waals surface area (Å²) in [6.45, 7) is 1.70. The van der Waals surface area contributed by atoms with Gasteiger partial charge >= 0.3 is 0 Å². The fourth-order valence-corrected chi connectivity index (χ4v) is 4.55. The summed E-state index contributed by atoms with van der Waals surface area (Å²) < 4.78 is 13.9. The van der Waals surface area contributed by atoms with Crippen molar-refractivity contribution in [1.82, 2.24) is 15.2 Å². The van der Waals surface area contributed by atoms with Gasteiger partial charge in [0.25, 0.3) is 5.91 Å². The maximum atomic E-state index is 13.9. The zero-order valence-electron chi connectivity index (χ0n) is 17.6. The molecule has 0 spiro atoms. The van der Waals surface area contributed by atoms with Crippen molar-refractivity contribution in [3.63, 3.8) is 0 Å². The van der Waals surface area contributed by atoms with Crippen molar-refractivity contribution >= 4 is 39.7 Å². The number of nitrogen functional groups attached to an aromatic ring is 1. The van der Waals surface area contributed by atoms with Gasteiger partial charge in [-0.05, 0) is 62.8 Å². The first kappa shape index (κ1) is 21.9. The quantitative estimate of drug-likeness (QED) is 0.472. The highest BCUT2D eigenvalue weighted by Gasteiger charge is 2.22. The van der Waals surface area contributed by atoms with Gasteiger partial charge in [-0.3, -0.25) is 9.59 Å². The number of nitrogens with zero attached hydrogens (tertiary/aromatic N) is 2. The van der Waals surface area contributed by atoms with Crippen LogP contribution >= 0.6 is 11.3 Å². The number of thiazole rings is 1. The molecule has 2 aromatic carbocycles. The highest BCUT2D eigenvalue weighted by atomic mass is 32.1. The standard InChI is InChI=1S/C23H24FN5O2S/c1-29-12-4-5-16(29)13-26-22(31)14-8-10-15(11-9-14)27-23-28-21(25)20(32-23)19(30)17-6-2-3-7-18(17)24/h2-3,6-11,16H,4-5,12-13,25H2,1H3,(H,26,31)(H,27,28)/t16-/m0/s1. The number of carbonyl (C=O) groups is 2. The molecular formula is C23H24FN5O2S. The zero-order valence-corrected chi connectivity index (χ0v) is 18.4. The normalized spacial score (nSPS) is 16.1. The van der Waals surface area contributed by atoms with Crippen LogP contribution in [0.5, 0.6) is 0 Å². The monoisotopic (exact) mass is 453 g/mol. The number of nitrogens with one attached hydrogen (secondary N) is 2. The Bertz CT molecular complexity index is 1130. The molecule has 0 aliphatic carbocycles. The van der Waals surface area contributed by atoms with Crippen LogP contribution in [0.3, 0.4) is 0 Å². The molecule has 1 atom stereocenters. The molecule has 0 bridgehead atoms. The highest BCUT2D eigenvalue weighted by Crippen LogP contribution is 2.30. The van der Waals surface area contributed by atoms with Gasteiger partial charge in [-0.25, -0.2) is 9.37 Å². The Hall–Kier alpha value is -3.30. The van der Waals surface area contributed by atoms with E-state index >= 15 is 0 Å². The minimum atomic E-state index is -0.603. The van der Waals surface area contributed by atoms with Crippen molar-refractivity contribution in [2.24, 2.45) is 0 Å². The fourth-order valence-electron chi connectivity index (χ4n) is 3.69. The van der Waals surface area contributed by atoms with Crippen LogP contribution in [-0.2, 0) is 0 Å². The summed E-state index contributed by atoms with van der Waals surface area (Å²) in [5.41, 5.74) is 7.10. The van der Waals surface area contributed by atoms with Gasteiger partial charge in [0, 0.05) is 23.8 Å². The van der Waals surface area contributed by atoms with Gasteiger partial charge in [-0.2, -0.15) is 0 Å². The lowest BCUT2D eigenvalue weighted by Gasteiger charge is -2.19. The van der Waals surface area contributed by atoms with Crippen molar-refractivity contribution in [2.75, 3.05) is 31.2 Å². The average Bonchev–Trinajstić information content (AvgIpc) is 3.37. The number of benzene rings is 2. The third-order valence-corrected chi connectivity index (χ3v) is 6.53. The number of likely N-dealkylation sites (N-methyl/N-ethyl adjacent to an activating group) is 1. The third-order valence-electron chi connectivity index (χ3n) is 5.55. The third kappa shape index (κ3) is 4.79. The molecular weight excluding hydrogens is 429 g/mol. The van der Waals surface area contributed by atoms with Crippen LogP contribution in [-0.4, -0.2) is 47.8 Å². The molecule has 0 radical (unpaired) electrons. The minimum absolute atomic E-state index is 0.0404. The summed E-state index contributed by atoms with van der Waals surface area (Å²) in [5.74, 6) is -1.19. The molecule has 1 aliphatic heterocycles. The van der Waals surface area contributed by atoms with Crippen molar-refractivity contribution in [2.45, 2.75) is 18.9 Å². The predicted molar refractivity (Wildman–Crippen MR) is 124 cm³/mol. The van der Waals surface area contributed by atoms with E-state index in [-0.39, 0.29) is 22.2 Å². The van der Waals surface area contributed by atoms with E-state index in [9.17, 15) is 14.0 Å². The number of halogens is 1. The van der Waals surface area contributed by atoms with E-state index in [1.165, 1.54) is 18.2 Å². The molecule has 2 heterocycles. The number of rotatable bonds is 7. The average molecular weight is 454 g/mol. The van der Waals surface area contributed by atoms with Crippen LogP contribution in [0.2, 0.25) is 0 Å². The SMILES string of the molecule is CN1CCC[C@H]1CNC(=O)c1ccc(Nc2nc(N)c(C(=O)c3ccccc3F)s2)cc1. The summed E-state index contributed by atoms with van der Waals surface area (Å²) in [5, 5.41) is 6.47. The number of anilines is 3. The van der Waals surface area contributed by atoms with Crippen molar-refractivity contribution < 1.29 is 14.0 Å². The number of likely N-dealkylation sites (tertiary alicyclic amines) is 1. The Balaban J connectivity index is 1.39. The lowest BCUT2D eigenvalue weighted by Crippen LogP contribution is -2.38. The molecule has 1 aromatic heterocycles. The second kappa shape index (κ2) is 9.46. The van der Waals surface area contributed by atoms with E-state index in [2.05, 4.69) is 27.6 Å². The molecule has 4 rings (SSSR count). The summed E-state index contributed by atoms with van der Waals surface area (Å²) in [4.78, 5) is 31.7. The van der Waals surface area contributed by atoms with Gasteiger partial charge in [-0.15, -0.1) is 0 Å². The first-order chi connectivity index (χ1) is 15.4. The van der Waals surface area contributed by atoms with Gasteiger partial charge < -0.3 is 21.3 Å².